The second-order valence-electron chi connectivity index (χ2n) is 4.70. The minimum atomic E-state index is -0.136. The van der Waals surface area contributed by atoms with Gasteiger partial charge in [-0.1, -0.05) is 6.92 Å². The topological polar surface area (TPSA) is 80.0 Å². The minimum absolute atomic E-state index is 0.136. The summed E-state index contributed by atoms with van der Waals surface area (Å²) in [7, 11) is 0. The number of rotatable bonds is 8. The van der Waals surface area contributed by atoms with Crippen molar-refractivity contribution in [3.05, 3.63) is 24.0 Å². The van der Waals surface area contributed by atoms with Gasteiger partial charge in [0, 0.05) is 25.0 Å². The molecule has 0 aliphatic carbocycles. The molecule has 0 bridgehead atoms. The summed E-state index contributed by atoms with van der Waals surface area (Å²) in [6.45, 7) is 6.26. The van der Waals surface area contributed by atoms with E-state index in [1.807, 2.05) is 13.0 Å². The number of hydrogen-bond donors (Lipinski definition) is 3. The first-order valence-corrected chi connectivity index (χ1v) is 6.85. The molecular formula is C14H24N4O. The van der Waals surface area contributed by atoms with Crippen LogP contribution in [0.1, 0.15) is 37.2 Å². The molecule has 5 nitrogen and oxygen atoms in total. The average Bonchev–Trinajstić information content (AvgIpc) is 2.44. The molecule has 106 valence electrons. The van der Waals surface area contributed by atoms with Gasteiger partial charge in [-0.05, 0) is 44.4 Å². The SMILES string of the molecule is CCNC(=O)c1cc(NCCCC(C)CN)ccn1. The van der Waals surface area contributed by atoms with Crippen LogP contribution in [-0.4, -0.2) is 30.5 Å². The molecular weight excluding hydrogens is 240 g/mol. The van der Waals surface area contributed by atoms with Gasteiger partial charge in [0.25, 0.3) is 5.91 Å². The molecule has 0 aliphatic rings. The average molecular weight is 264 g/mol. The Morgan fingerprint density at radius 3 is 3.00 bits per heavy atom. The summed E-state index contributed by atoms with van der Waals surface area (Å²) in [6, 6.07) is 3.65. The molecule has 5 heteroatoms. The van der Waals surface area contributed by atoms with E-state index in [9.17, 15) is 4.79 Å². The van der Waals surface area contributed by atoms with E-state index < -0.39 is 0 Å². The number of anilines is 1. The molecule has 0 saturated heterocycles. The minimum Gasteiger partial charge on any atom is -0.385 e. The molecule has 1 heterocycles. The van der Waals surface area contributed by atoms with Gasteiger partial charge in [-0.15, -0.1) is 0 Å². The van der Waals surface area contributed by atoms with Gasteiger partial charge in [-0.25, -0.2) is 0 Å². The van der Waals surface area contributed by atoms with Crippen LogP contribution in [0.5, 0.6) is 0 Å². The monoisotopic (exact) mass is 264 g/mol. The third kappa shape index (κ3) is 5.70. The van der Waals surface area contributed by atoms with Gasteiger partial charge in [0.2, 0.25) is 0 Å². The standard InChI is InChI=1S/C14H24N4O/c1-3-16-14(19)13-9-12(6-8-18-13)17-7-4-5-11(2)10-15/h6,8-9,11H,3-5,7,10,15H2,1-2H3,(H,16,19)(H,17,18). The van der Waals surface area contributed by atoms with Gasteiger partial charge in [0.1, 0.15) is 5.69 Å². The van der Waals surface area contributed by atoms with Crippen molar-refractivity contribution < 1.29 is 4.79 Å². The van der Waals surface area contributed by atoms with Crippen LogP contribution in [0.4, 0.5) is 5.69 Å². The summed E-state index contributed by atoms with van der Waals surface area (Å²) in [5.41, 5.74) is 6.95. The molecule has 19 heavy (non-hydrogen) atoms. The number of nitrogens with two attached hydrogens (primary N) is 1. The van der Waals surface area contributed by atoms with Crippen LogP contribution in [0.25, 0.3) is 0 Å². The maximum absolute atomic E-state index is 11.6. The highest BCUT2D eigenvalue weighted by atomic mass is 16.1. The van der Waals surface area contributed by atoms with E-state index in [4.69, 9.17) is 5.73 Å². The summed E-state index contributed by atoms with van der Waals surface area (Å²) in [6.07, 6.45) is 3.82. The fourth-order valence-corrected chi connectivity index (χ4v) is 1.72. The van der Waals surface area contributed by atoms with Crippen molar-refractivity contribution in [3.8, 4) is 0 Å². The molecule has 4 N–H and O–H groups in total. The number of carbonyl (C=O) groups is 1. The van der Waals surface area contributed by atoms with E-state index in [0.717, 1.165) is 31.6 Å². The summed E-state index contributed by atoms with van der Waals surface area (Å²) in [4.78, 5) is 15.7. The fraction of sp³-hybridized carbons (Fsp3) is 0.571. The Morgan fingerprint density at radius 1 is 1.53 bits per heavy atom. The molecule has 1 atom stereocenters. The van der Waals surface area contributed by atoms with Gasteiger partial charge in [0.05, 0.1) is 0 Å². The zero-order valence-corrected chi connectivity index (χ0v) is 11.8. The Morgan fingerprint density at radius 2 is 2.32 bits per heavy atom. The normalized spacial score (nSPS) is 11.9. The Labute approximate surface area is 115 Å². The Kier molecular flexibility index (Phi) is 6.89. The van der Waals surface area contributed by atoms with E-state index in [0.29, 0.717) is 18.2 Å². The molecule has 1 unspecified atom stereocenters. The second-order valence-corrected chi connectivity index (χ2v) is 4.70. The summed E-state index contributed by atoms with van der Waals surface area (Å²) in [5, 5.41) is 6.04. The largest absolute Gasteiger partial charge is 0.385 e. The molecule has 1 aromatic rings. The van der Waals surface area contributed by atoms with Crippen LogP contribution < -0.4 is 16.4 Å². The van der Waals surface area contributed by atoms with Gasteiger partial charge in [-0.2, -0.15) is 0 Å². The van der Waals surface area contributed by atoms with E-state index >= 15 is 0 Å². The molecule has 0 spiro atoms. The van der Waals surface area contributed by atoms with Crippen molar-refractivity contribution in [1.82, 2.24) is 10.3 Å². The van der Waals surface area contributed by atoms with E-state index in [-0.39, 0.29) is 5.91 Å². The third-order valence-electron chi connectivity index (χ3n) is 2.94. The van der Waals surface area contributed by atoms with E-state index in [1.54, 1.807) is 12.3 Å². The predicted octanol–water partition coefficient (Wildman–Crippen LogP) is 1.62. The molecule has 1 amide bonds. The lowest BCUT2D eigenvalue weighted by Crippen LogP contribution is -2.23. The number of amides is 1. The molecule has 0 radical (unpaired) electrons. The molecule has 0 aliphatic heterocycles. The van der Waals surface area contributed by atoms with Crippen LogP contribution in [-0.2, 0) is 0 Å². The van der Waals surface area contributed by atoms with Crippen LogP contribution in [0.3, 0.4) is 0 Å². The first-order chi connectivity index (χ1) is 9.17. The zero-order valence-electron chi connectivity index (χ0n) is 11.8. The molecule has 1 aromatic heterocycles. The van der Waals surface area contributed by atoms with E-state index in [2.05, 4.69) is 22.5 Å². The van der Waals surface area contributed by atoms with Crippen molar-refractivity contribution >= 4 is 11.6 Å². The van der Waals surface area contributed by atoms with Crippen molar-refractivity contribution in [2.24, 2.45) is 11.7 Å². The van der Waals surface area contributed by atoms with Crippen molar-refractivity contribution in [3.63, 3.8) is 0 Å². The molecule has 0 saturated carbocycles. The summed E-state index contributed by atoms with van der Waals surface area (Å²) in [5.74, 6) is 0.424. The van der Waals surface area contributed by atoms with Gasteiger partial charge >= 0.3 is 0 Å². The number of pyridine rings is 1. The first kappa shape index (κ1) is 15.4. The number of nitrogens with one attached hydrogen (secondary N) is 2. The predicted molar refractivity (Wildman–Crippen MR) is 78.2 cm³/mol. The highest BCUT2D eigenvalue weighted by Crippen LogP contribution is 2.09. The van der Waals surface area contributed by atoms with Crippen LogP contribution in [0, 0.1) is 5.92 Å². The van der Waals surface area contributed by atoms with Crippen LogP contribution in [0.15, 0.2) is 18.3 Å². The molecule has 1 rings (SSSR count). The quantitative estimate of drug-likeness (QED) is 0.623. The maximum atomic E-state index is 11.6. The van der Waals surface area contributed by atoms with Crippen LogP contribution >= 0.6 is 0 Å². The van der Waals surface area contributed by atoms with Crippen LogP contribution in [0.2, 0.25) is 0 Å². The van der Waals surface area contributed by atoms with Gasteiger partial charge in [0.15, 0.2) is 0 Å². The van der Waals surface area contributed by atoms with Gasteiger partial charge < -0.3 is 16.4 Å². The first-order valence-electron chi connectivity index (χ1n) is 6.85. The Balaban J connectivity index is 2.42. The lowest BCUT2D eigenvalue weighted by molar-refractivity contribution is 0.0951. The van der Waals surface area contributed by atoms with Crippen molar-refractivity contribution in [2.45, 2.75) is 26.7 Å². The second kappa shape index (κ2) is 8.48. The summed E-state index contributed by atoms with van der Waals surface area (Å²) >= 11 is 0. The number of carbonyl (C=O) groups excluding carboxylic acids is 1. The molecule has 0 fully saturated rings. The van der Waals surface area contributed by atoms with E-state index in [1.165, 1.54) is 0 Å². The van der Waals surface area contributed by atoms with Gasteiger partial charge in [-0.3, -0.25) is 9.78 Å². The number of aromatic nitrogens is 1. The number of nitrogens with zero attached hydrogens (tertiary/aromatic N) is 1. The number of hydrogen-bond acceptors (Lipinski definition) is 4. The van der Waals surface area contributed by atoms with Crippen molar-refractivity contribution in [1.29, 1.82) is 0 Å². The lowest BCUT2D eigenvalue weighted by Gasteiger charge is -2.10. The highest BCUT2D eigenvalue weighted by Gasteiger charge is 2.06. The fourth-order valence-electron chi connectivity index (χ4n) is 1.72. The third-order valence-corrected chi connectivity index (χ3v) is 2.94. The highest BCUT2D eigenvalue weighted by molar-refractivity contribution is 5.93. The Bertz CT molecular complexity index is 395. The van der Waals surface area contributed by atoms with Crippen molar-refractivity contribution in [2.75, 3.05) is 25.0 Å². The smallest absolute Gasteiger partial charge is 0.269 e. The lowest BCUT2D eigenvalue weighted by atomic mass is 10.1. The summed E-state index contributed by atoms with van der Waals surface area (Å²) < 4.78 is 0. The zero-order chi connectivity index (χ0) is 14.1. The maximum Gasteiger partial charge on any atom is 0.269 e. The molecule has 0 aromatic carbocycles. The Hall–Kier alpha value is -1.62.